The van der Waals surface area contributed by atoms with Crippen LogP contribution in [0.5, 0.6) is 0 Å². The van der Waals surface area contributed by atoms with Crippen molar-refractivity contribution >= 4 is 9.84 Å². The average molecular weight is 236 g/mol. The van der Waals surface area contributed by atoms with Gasteiger partial charge in [0.1, 0.15) is 0 Å². The summed E-state index contributed by atoms with van der Waals surface area (Å²) in [6.07, 6.45) is 6.51. The lowest BCUT2D eigenvalue weighted by Crippen LogP contribution is -1.99. The molecule has 0 unspecified atom stereocenters. The third-order valence-electron chi connectivity index (χ3n) is 2.28. The van der Waals surface area contributed by atoms with E-state index in [0.717, 1.165) is 5.56 Å². The fourth-order valence-electron chi connectivity index (χ4n) is 1.43. The van der Waals surface area contributed by atoms with Gasteiger partial charge in [0.05, 0.1) is 11.2 Å². The van der Waals surface area contributed by atoms with Crippen LogP contribution in [0.1, 0.15) is 5.56 Å². The molecule has 0 atom stereocenters. The first-order chi connectivity index (χ1) is 7.55. The largest absolute Gasteiger partial charge is 0.333 e. The second-order valence-corrected chi connectivity index (χ2v) is 5.67. The number of rotatable bonds is 3. The summed E-state index contributed by atoms with van der Waals surface area (Å²) in [5, 5.41) is 0. The third-order valence-corrected chi connectivity index (χ3v) is 3.40. The number of aromatic nitrogens is 2. The molecule has 2 aromatic rings. The molecule has 1 aromatic heterocycles. The molecule has 0 bridgehead atoms. The van der Waals surface area contributed by atoms with Gasteiger partial charge in [-0.2, -0.15) is 0 Å². The van der Waals surface area contributed by atoms with Crippen molar-refractivity contribution in [2.24, 2.45) is 0 Å². The topological polar surface area (TPSA) is 52.0 Å². The zero-order valence-electron chi connectivity index (χ0n) is 8.87. The molecule has 0 saturated heterocycles. The summed E-state index contributed by atoms with van der Waals surface area (Å²) in [5.41, 5.74) is 1.05. The summed E-state index contributed by atoms with van der Waals surface area (Å²) in [6.45, 7) is 0.698. The molecule has 0 aliphatic heterocycles. The summed E-state index contributed by atoms with van der Waals surface area (Å²) in [5.74, 6) is 0. The normalized spacial score (nSPS) is 11.6. The number of nitrogens with zero attached hydrogens (tertiary/aromatic N) is 2. The van der Waals surface area contributed by atoms with Crippen LogP contribution in [0, 0.1) is 0 Å². The van der Waals surface area contributed by atoms with E-state index < -0.39 is 9.84 Å². The lowest BCUT2D eigenvalue weighted by atomic mass is 10.2. The molecule has 0 saturated carbocycles. The lowest BCUT2D eigenvalue weighted by molar-refractivity contribution is 0.602. The SMILES string of the molecule is CS(=O)(=O)c1ccc(Cn2ccnc2)cc1. The summed E-state index contributed by atoms with van der Waals surface area (Å²) < 4.78 is 24.4. The molecule has 0 spiro atoms. The molecule has 1 aromatic carbocycles. The van der Waals surface area contributed by atoms with Crippen molar-refractivity contribution in [3.05, 3.63) is 48.5 Å². The molecule has 0 fully saturated rings. The van der Waals surface area contributed by atoms with E-state index in [0.29, 0.717) is 11.4 Å². The maximum Gasteiger partial charge on any atom is 0.175 e. The van der Waals surface area contributed by atoms with Crippen LogP contribution in [0.4, 0.5) is 0 Å². The number of sulfone groups is 1. The number of hydrogen-bond donors (Lipinski definition) is 0. The fraction of sp³-hybridized carbons (Fsp3) is 0.182. The van der Waals surface area contributed by atoms with Crippen LogP contribution in [-0.2, 0) is 16.4 Å². The first-order valence-corrected chi connectivity index (χ1v) is 6.69. The van der Waals surface area contributed by atoms with Gasteiger partial charge < -0.3 is 4.57 Å². The summed E-state index contributed by atoms with van der Waals surface area (Å²) in [6, 6.07) is 6.88. The van der Waals surface area contributed by atoms with E-state index in [1.807, 2.05) is 22.9 Å². The number of hydrogen-bond acceptors (Lipinski definition) is 3. The van der Waals surface area contributed by atoms with Gasteiger partial charge in [-0.05, 0) is 17.7 Å². The van der Waals surface area contributed by atoms with Crippen LogP contribution in [0.25, 0.3) is 0 Å². The maximum atomic E-state index is 11.2. The van der Waals surface area contributed by atoms with Crippen molar-refractivity contribution in [2.45, 2.75) is 11.4 Å². The second-order valence-electron chi connectivity index (χ2n) is 3.65. The molecule has 4 nitrogen and oxygen atoms in total. The average Bonchev–Trinajstić information content (AvgIpc) is 2.70. The molecule has 16 heavy (non-hydrogen) atoms. The van der Waals surface area contributed by atoms with E-state index in [2.05, 4.69) is 4.98 Å². The van der Waals surface area contributed by atoms with E-state index in [1.165, 1.54) is 6.26 Å². The Morgan fingerprint density at radius 1 is 1.25 bits per heavy atom. The van der Waals surface area contributed by atoms with Crippen molar-refractivity contribution in [1.29, 1.82) is 0 Å². The van der Waals surface area contributed by atoms with Crippen LogP contribution in [-0.4, -0.2) is 24.2 Å². The minimum absolute atomic E-state index is 0.349. The third kappa shape index (κ3) is 2.49. The molecule has 0 radical (unpaired) electrons. The van der Waals surface area contributed by atoms with Crippen molar-refractivity contribution < 1.29 is 8.42 Å². The highest BCUT2D eigenvalue weighted by atomic mass is 32.2. The molecule has 0 N–H and O–H groups in total. The van der Waals surface area contributed by atoms with Crippen LogP contribution in [0.15, 0.2) is 47.9 Å². The Morgan fingerprint density at radius 2 is 1.94 bits per heavy atom. The second kappa shape index (κ2) is 4.09. The van der Waals surface area contributed by atoms with E-state index in [-0.39, 0.29) is 0 Å². The molecule has 0 aliphatic carbocycles. The van der Waals surface area contributed by atoms with Gasteiger partial charge in [0.15, 0.2) is 9.84 Å². The minimum Gasteiger partial charge on any atom is -0.333 e. The first kappa shape index (κ1) is 10.9. The van der Waals surface area contributed by atoms with Gasteiger partial charge >= 0.3 is 0 Å². The molecular formula is C11H12N2O2S. The standard InChI is InChI=1S/C11H12N2O2S/c1-16(14,15)11-4-2-10(3-5-11)8-13-7-6-12-9-13/h2-7,9H,8H2,1H3. The predicted molar refractivity (Wildman–Crippen MR) is 60.9 cm³/mol. The van der Waals surface area contributed by atoms with Crippen molar-refractivity contribution in [2.75, 3.05) is 6.26 Å². The van der Waals surface area contributed by atoms with Gasteiger partial charge in [-0.25, -0.2) is 13.4 Å². The smallest absolute Gasteiger partial charge is 0.175 e. The Kier molecular flexibility index (Phi) is 2.78. The Balaban J connectivity index is 2.20. The minimum atomic E-state index is -3.10. The summed E-state index contributed by atoms with van der Waals surface area (Å²) in [7, 11) is -3.10. The van der Waals surface area contributed by atoms with E-state index >= 15 is 0 Å². The van der Waals surface area contributed by atoms with E-state index in [9.17, 15) is 8.42 Å². The van der Waals surface area contributed by atoms with Crippen molar-refractivity contribution in [3.8, 4) is 0 Å². The Hall–Kier alpha value is -1.62. The zero-order valence-corrected chi connectivity index (χ0v) is 9.68. The summed E-state index contributed by atoms with van der Waals surface area (Å²) >= 11 is 0. The van der Waals surface area contributed by atoms with Gasteiger partial charge in [-0.1, -0.05) is 12.1 Å². The highest BCUT2D eigenvalue weighted by molar-refractivity contribution is 7.90. The predicted octanol–water partition coefficient (Wildman–Crippen LogP) is 1.33. The summed E-state index contributed by atoms with van der Waals surface area (Å²) in [4.78, 5) is 4.29. The van der Waals surface area contributed by atoms with Crippen molar-refractivity contribution in [3.63, 3.8) is 0 Å². The lowest BCUT2D eigenvalue weighted by Gasteiger charge is -2.03. The molecular weight excluding hydrogens is 224 g/mol. The first-order valence-electron chi connectivity index (χ1n) is 4.80. The van der Waals surface area contributed by atoms with Gasteiger partial charge in [0, 0.05) is 25.2 Å². The number of imidazole rings is 1. The molecule has 0 aliphatic rings. The van der Waals surface area contributed by atoms with Gasteiger partial charge in [0.25, 0.3) is 0 Å². The zero-order chi connectivity index (χ0) is 11.6. The molecule has 2 rings (SSSR count). The van der Waals surface area contributed by atoms with Crippen LogP contribution < -0.4 is 0 Å². The van der Waals surface area contributed by atoms with Crippen molar-refractivity contribution in [1.82, 2.24) is 9.55 Å². The fourth-order valence-corrected chi connectivity index (χ4v) is 2.06. The molecule has 5 heteroatoms. The van der Waals surface area contributed by atoms with Crippen LogP contribution >= 0.6 is 0 Å². The molecule has 1 heterocycles. The Bertz CT molecular complexity index is 557. The maximum absolute atomic E-state index is 11.2. The number of benzene rings is 1. The van der Waals surface area contributed by atoms with Crippen LogP contribution in [0.2, 0.25) is 0 Å². The van der Waals surface area contributed by atoms with E-state index in [1.54, 1.807) is 24.7 Å². The Labute approximate surface area is 94.5 Å². The van der Waals surface area contributed by atoms with Gasteiger partial charge in [-0.15, -0.1) is 0 Å². The van der Waals surface area contributed by atoms with E-state index in [4.69, 9.17) is 0 Å². The Morgan fingerprint density at radius 3 is 2.44 bits per heavy atom. The highest BCUT2D eigenvalue weighted by Gasteiger charge is 2.05. The molecule has 0 amide bonds. The van der Waals surface area contributed by atoms with Gasteiger partial charge in [0.2, 0.25) is 0 Å². The molecule has 84 valence electrons. The van der Waals surface area contributed by atoms with Crippen LogP contribution in [0.3, 0.4) is 0 Å². The monoisotopic (exact) mass is 236 g/mol. The highest BCUT2D eigenvalue weighted by Crippen LogP contribution is 2.11. The van der Waals surface area contributed by atoms with Gasteiger partial charge in [-0.3, -0.25) is 0 Å². The quantitative estimate of drug-likeness (QED) is 0.808.